The molecule has 2 unspecified atom stereocenters. The summed E-state index contributed by atoms with van der Waals surface area (Å²) in [6, 6.07) is 14.1. The molecule has 4 heteroatoms. The Morgan fingerprint density at radius 1 is 1.11 bits per heavy atom. The molecule has 0 heterocycles. The zero-order valence-corrected chi connectivity index (χ0v) is 12.1. The van der Waals surface area contributed by atoms with Gasteiger partial charge >= 0.3 is 0 Å². The van der Waals surface area contributed by atoms with Crippen LogP contribution in [0.5, 0.6) is 0 Å². The van der Waals surface area contributed by atoms with E-state index >= 15 is 0 Å². The topological polar surface area (TPSA) is 26.0 Å². The van der Waals surface area contributed by atoms with E-state index in [-0.39, 0.29) is 17.1 Å². The van der Waals surface area contributed by atoms with E-state index < -0.39 is 0 Å². The molecular formula is C15H15ClFNS. The van der Waals surface area contributed by atoms with Crippen molar-refractivity contribution in [3.63, 3.8) is 0 Å². The third-order valence-electron chi connectivity index (χ3n) is 2.77. The molecule has 0 bridgehead atoms. The Labute approximate surface area is 122 Å². The molecule has 0 spiro atoms. The average molecular weight is 296 g/mol. The van der Waals surface area contributed by atoms with E-state index in [1.54, 1.807) is 23.9 Å². The highest BCUT2D eigenvalue weighted by Crippen LogP contribution is 2.38. The van der Waals surface area contributed by atoms with Gasteiger partial charge in [-0.1, -0.05) is 29.8 Å². The molecule has 0 aliphatic carbocycles. The molecule has 0 aliphatic heterocycles. The highest BCUT2D eigenvalue weighted by Gasteiger charge is 2.20. The summed E-state index contributed by atoms with van der Waals surface area (Å²) in [5.41, 5.74) is 6.64. The highest BCUT2D eigenvalue weighted by molar-refractivity contribution is 7.99. The Bertz CT molecular complexity index is 542. The zero-order chi connectivity index (χ0) is 13.8. The van der Waals surface area contributed by atoms with Gasteiger partial charge in [0, 0.05) is 21.5 Å². The first kappa shape index (κ1) is 14.4. The number of nitrogens with two attached hydrogens (primary N) is 1. The number of hydrogen-bond acceptors (Lipinski definition) is 2. The molecule has 2 N–H and O–H groups in total. The predicted octanol–water partition coefficient (Wildman–Crippen LogP) is 4.66. The van der Waals surface area contributed by atoms with Crippen LogP contribution < -0.4 is 5.73 Å². The predicted molar refractivity (Wildman–Crippen MR) is 80.1 cm³/mol. The molecule has 1 nitrogen and oxygen atoms in total. The third-order valence-corrected chi connectivity index (χ3v) is 4.50. The van der Waals surface area contributed by atoms with Crippen LogP contribution in [-0.2, 0) is 0 Å². The minimum Gasteiger partial charge on any atom is -0.327 e. The fraction of sp³-hybridized carbons (Fsp3) is 0.200. The molecule has 2 aromatic carbocycles. The monoisotopic (exact) mass is 295 g/mol. The van der Waals surface area contributed by atoms with Gasteiger partial charge in [0.1, 0.15) is 5.82 Å². The summed E-state index contributed by atoms with van der Waals surface area (Å²) in [4.78, 5) is 1.02. The van der Waals surface area contributed by atoms with E-state index in [0.29, 0.717) is 10.6 Å². The standard InChI is InChI=1S/C15H15ClFNS/c1-10(18)15(13-4-2-3-5-14(13)17)19-12-8-6-11(16)7-9-12/h2-10,15H,18H2,1H3. The van der Waals surface area contributed by atoms with Crippen molar-refractivity contribution in [1.82, 2.24) is 0 Å². The van der Waals surface area contributed by atoms with Crippen molar-refractivity contribution in [3.8, 4) is 0 Å². The highest BCUT2D eigenvalue weighted by atomic mass is 35.5. The van der Waals surface area contributed by atoms with Gasteiger partial charge < -0.3 is 5.73 Å². The number of thioether (sulfide) groups is 1. The second-order valence-corrected chi connectivity index (χ2v) is 6.02. The van der Waals surface area contributed by atoms with Crippen molar-refractivity contribution in [3.05, 3.63) is 64.9 Å². The lowest BCUT2D eigenvalue weighted by Gasteiger charge is -2.21. The number of benzene rings is 2. The quantitative estimate of drug-likeness (QED) is 0.830. The van der Waals surface area contributed by atoms with E-state index in [4.69, 9.17) is 17.3 Å². The maximum absolute atomic E-state index is 13.9. The van der Waals surface area contributed by atoms with Gasteiger partial charge in [-0.2, -0.15) is 0 Å². The maximum atomic E-state index is 13.9. The first-order chi connectivity index (χ1) is 9.08. The third kappa shape index (κ3) is 3.72. The Morgan fingerprint density at radius 3 is 2.32 bits per heavy atom. The van der Waals surface area contributed by atoms with Crippen LogP contribution in [0.3, 0.4) is 0 Å². The van der Waals surface area contributed by atoms with Gasteiger partial charge in [0.25, 0.3) is 0 Å². The molecule has 100 valence electrons. The van der Waals surface area contributed by atoms with Crippen LogP contribution in [0.2, 0.25) is 5.02 Å². The SMILES string of the molecule is CC(N)C(Sc1ccc(Cl)cc1)c1ccccc1F. The van der Waals surface area contributed by atoms with Crippen LogP contribution in [0.25, 0.3) is 0 Å². The molecule has 2 rings (SSSR count). The van der Waals surface area contributed by atoms with Gasteiger partial charge in [-0.05, 0) is 37.3 Å². The summed E-state index contributed by atoms with van der Waals surface area (Å²) in [6.45, 7) is 1.89. The fourth-order valence-electron chi connectivity index (χ4n) is 1.82. The molecule has 0 aliphatic rings. The zero-order valence-electron chi connectivity index (χ0n) is 10.5. The molecule has 0 fully saturated rings. The second-order valence-electron chi connectivity index (χ2n) is 4.37. The van der Waals surface area contributed by atoms with Crippen molar-refractivity contribution in [2.24, 2.45) is 5.73 Å². The van der Waals surface area contributed by atoms with E-state index in [2.05, 4.69) is 0 Å². The molecule has 0 saturated carbocycles. The first-order valence-electron chi connectivity index (χ1n) is 6.00. The van der Waals surface area contributed by atoms with Gasteiger partial charge in [-0.3, -0.25) is 0 Å². The molecule has 2 aromatic rings. The average Bonchev–Trinajstić information content (AvgIpc) is 2.39. The van der Waals surface area contributed by atoms with Gasteiger partial charge in [0.2, 0.25) is 0 Å². The molecular weight excluding hydrogens is 281 g/mol. The lowest BCUT2D eigenvalue weighted by molar-refractivity contribution is 0.592. The Morgan fingerprint density at radius 2 is 1.74 bits per heavy atom. The van der Waals surface area contributed by atoms with Crippen LogP contribution in [0, 0.1) is 5.82 Å². The number of rotatable bonds is 4. The van der Waals surface area contributed by atoms with Gasteiger partial charge in [0.05, 0.1) is 5.25 Å². The minimum absolute atomic E-state index is 0.123. The fourth-order valence-corrected chi connectivity index (χ4v) is 3.06. The van der Waals surface area contributed by atoms with Gasteiger partial charge in [-0.15, -0.1) is 11.8 Å². The molecule has 19 heavy (non-hydrogen) atoms. The van der Waals surface area contributed by atoms with Gasteiger partial charge in [0.15, 0.2) is 0 Å². The summed E-state index contributed by atoms with van der Waals surface area (Å²) in [5.74, 6) is -0.216. The molecule has 0 aromatic heterocycles. The summed E-state index contributed by atoms with van der Waals surface area (Å²) < 4.78 is 13.9. The van der Waals surface area contributed by atoms with E-state index in [9.17, 15) is 4.39 Å². The lowest BCUT2D eigenvalue weighted by Crippen LogP contribution is -2.23. The lowest BCUT2D eigenvalue weighted by atomic mass is 10.1. The normalized spacial score (nSPS) is 14.1. The molecule has 0 radical (unpaired) electrons. The number of hydrogen-bond donors (Lipinski definition) is 1. The molecule has 2 atom stereocenters. The maximum Gasteiger partial charge on any atom is 0.127 e. The number of halogens is 2. The molecule has 0 saturated heterocycles. The summed E-state index contributed by atoms with van der Waals surface area (Å²) in [5, 5.41) is 0.565. The van der Waals surface area contributed by atoms with Crippen molar-refractivity contribution >= 4 is 23.4 Å². The van der Waals surface area contributed by atoms with Crippen LogP contribution >= 0.6 is 23.4 Å². The van der Waals surface area contributed by atoms with Crippen molar-refractivity contribution in [1.29, 1.82) is 0 Å². The van der Waals surface area contributed by atoms with Crippen LogP contribution in [0.4, 0.5) is 4.39 Å². The minimum atomic E-state index is -0.216. The van der Waals surface area contributed by atoms with Crippen molar-refractivity contribution in [2.45, 2.75) is 23.1 Å². The van der Waals surface area contributed by atoms with E-state index in [0.717, 1.165) is 4.90 Å². The smallest absolute Gasteiger partial charge is 0.127 e. The van der Waals surface area contributed by atoms with Crippen molar-refractivity contribution in [2.75, 3.05) is 0 Å². The Balaban J connectivity index is 2.27. The summed E-state index contributed by atoms with van der Waals surface area (Å²) in [7, 11) is 0. The van der Waals surface area contributed by atoms with Crippen molar-refractivity contribution < 1.29 is 4.39 Å². The Kier molecular flexibility index (Phi) is 4.86. The largest absolute Gasteiger partial charge is 0.327 e. The molecule has 0 amide bonds. The summed E-state index contributed by atoms with van der Waals surface area (Å²) in [6.07, 6.45) is 0. The van der Waals surface area contributed by atoms with Gasteiger partial charge in [-0.25, -0.2) is 4.39 Å². The van der Waals surface area contributed by atoms with E-state index in [1.165, 1.54) is 6.07 Å². The van der Waals surface area contributed by atoms with Crippen LogP contribution in [0.15, 0.2) is 53.4 Å². The first-order valence-corrected chi connectivity index (χ1v) is 7.26. The van der Waals surface area contributed by atoms with Crippen LogP contribution in [0.1, 0.15) is 17.7 Å². The van der Waals surface area contributed by atoms with E-state index in [1.807, 2.05) is 37.3 Å². The summed E-state index contributed by atoms with van der Waals surface area (Å²) >= 11 is 7.41. The Hall–Kier alpha value is -1.03. The second kappa shape index (κ2) is 6.42. The van der Waals surface area contributed by atoms with Crippen LogP contribution in [-0.4, -0.2) is 6.04 Å².